The third-order valence-electron chi connectivity index (χ3n) is 6.02. The number of carbonyl (C=O) groups is 4. The van der Waals surface area contributed by atoms with Gasteiger partial charge in [0.15, 0.2) is 24.1 Å². The highest BCUT2D eigenvalue weighted by atomic mass is 35.5. The van der Waals surface area contributed by atoms with Crippen LogP contribution in [0.2, 0.25) is 5.02 Å². The Bertz CT molecular complexity index is 1350. The number of phenols is 1. The van der Waals surface area contributed by atoms with E-state index >= 15 is 0 Å². The lowest BCUT2D eigenvalue weighted by atomic mass is 9.89. The molecule has 0 aromatic heterocycles. The van der Waals surface area contributed by atoms with Crippen LogP contribution in [0.15, 0.2) is 36.4 Å². The standard InChI is InChI=1S/C27H28ClNO12/c1-13(30)37-12-23-25(38-14(2)31)27(40-16(4)33)26(39-15(3)32)24(41-23)18-6-7-20(28)19(11-18)9-17-5-8-22(34)21(10-17)29(35)36/h5-8,10-11,23-27,34H,9,12H2,1-4H3/t23?,24?,25-,26+,27?/m1/s1. The van der Waals surface area contributed by atoms with E-state index in [4.69, 9.17) is 35.3 Å². The number of hydrogen-bond donors (Lipinski definition) is 1. The molecular weight excluding hydrogens is 566 g/mol. The monoisotopic (exact) mass is 593 g/mol. The smallest absolute Gasteiger partial charge is 0.310 e. The molecule has 13 nitrogen and oxygen atoms in total. The van der Waals surface area contributed by atoms with Gasteiger partial charge < -0.3 is 28.8 Å². The molecule has 1 N–H and O–H groups in total. The number of nitro groups is 1. The van der Waals surface area contributed by atoms with Crippen LogP contribution in [0.3, 0.4) is 0 Å². The van der Waals surface area contributed by atoms with E-state index in [9.17, 15) is 34.4 Å². The molecule has 2 aromatic rings. The van der Waals surface area contributed by atoms with E-state index in [0.29, 0.717) is 21.7 Å². The number of esters is 4. The minimum atomic E-state index is -1.35. The summed E-state index contributed by atoms with van der Waals surface area (Å²) in [5.74, 6) is -3.39. The van der Waals surface area contributed by atoms with E-state index in [1.165, 1.54) is 31.2 Å². The first-order valence-electron chi connectivity index (χ1n) is 12.3. The first-order chi connectivity index (χ1) is 19.3. The lowest BCUT2D eigenvalue weighted by Gasteiger charge is -2.44. The number of phenolic OH excluding ortho intramolecular Hbond substituents is 1. The minimum absolute atomic E-state index is 0.110. The molecule has 3 unspecified atom stereocenters. The van der Waals surface area contributed by atoms with Crippen LogP contribution in [0, 0.1) is 10.1 Å². The molecule has 0 bridgehead atoms. The fourth-order valence-electron chi connectivity index (χ4n) is 4.45. The summed E-state index contributed by atoms with van der Waals surface area (Å²) in [6.45, 7) is 4.17. The Morgan fingerprint density at radius 2 is 1.51 bits per heavy atom. The third kappa shape index (κ3) is 8.14. The number of aromatic hydroxyl groups is 1. The van der Waals surface area contributed by atoms with Crippen molar-refractivity contribution in [2.24, 2.45) is 0 Å². The molecular formula is C27H28ClNO12. The van der Waals surface area contributed by atoms with Crippen LogP contribution >= 0.6 is 11.6 Å². The molecule has 2 aromatic carbocycles. The van der Waals surface area contributed by atoms with Crippen molar-refractivity contribution in [2.75, 3.05) is 6.61 Å². The maximum atomic E-state index is 12.1. The first-order valence-corrected chi connectivity index (χ1v) is 12.7. The Balaban J connectivity index is 2.08. The maximum absolute atomic E-state index is 12.1. The maximum Gasteiger partial charge on any atom is 0.310 e. The second-order valence-electron chi connectivity index (χ2n) is 9.23. The quantitative estimate of drug-likeness (QED) is 0.194. The number of hydrogen-bond acceptors (Lipinski definition) is 12. The van der Waals surface area contributed by atoms with Gasteiger partial charge in [-0.05, 0) is 35.2 Å². The van der Waals surface area contributed by atoms with Gasteiger partial charge in [-0.3, -0.25) is 29.3 Å². The minimum Gasteiger partial charge on any atom is -0.502 e. The number of carbonyl (C=O) groups excluding carboxylic acids is 4. The Labute approximate surface area is 239 Å². The second kappa shape index (κ2) is 13.4. The summed E-state index contributed by atoms with van der Waals surface area (Å²) in [7, 11) is 0. The van der Waals surface area contributed by atoms with Crippen molar-refractivity contribution in [1.29, 1.82) is 0 Å². The highest BCUT2D eigenvalue weighted by Crippen LogP contribution is 2.39. The van der Waals surface area contributed by atoms with E-state index < -0.39 is 70.8 Å². The number of halogens is 1. The van der Waals surface area contributed by atoms with Crippen molar-refractivity contribution >= 4 is 41.2 Å². The second-order valence-corrected chi connectivity index (χ2v) is 9.63. The van der Waals surface area contributed by atoms with Crippen molar-refractivity contribution in [3.05, 3.63) is 68.2 Å². The zero-order valence-electron chi connectivity index (χ0n) is 22.5. The van der Waals surface area contributed by atoms with Crippen molar-refractivity contribution in [1.82, 2.24) is 0 Å². The molecule has 1 fully saturated rings. The summed E-state index contributed by atoms with van der Waals surface area (Å²) in [4.78, 5) is 58.3. The van der Waals surface area contributed by atoms with Crippen molar-refractivity contribution in [3.63, 3.8) is 0 Å². The van der Waals surface area contributed by atoms with Crippen LogP contribution in [0.4, 0.5) is 5.69 Å². The lowest BCUT2D eigenvalue weighted by molar-refractivity contribution is -0.385. The SMILES string of the molecule is CC(=O)OCC1OC(c2ccc(Cl)c(Cc3ccc(O)c([N+](=O)[O-])c3)c2)[C@H](OC(C)=O)C(OC(C)=O)[C@@H]1OC(C)=O. The number of nitro benzene ring substituents is 1. The van der Waals surface area contributed by atoms with Crippen LogP contribution in [-0.4, -0.2) is 64.9 Å². The van der Waals surface area contributed by atoms with Crippen molar-refractivity contribution < 1.29 is 52.9 Å². The van der Waals surface area contributed by atoms with Gasteiger partial charge in [-0.2, -0.15) is 0 Å². The zero-order chi connectivity index (χ0) is 30.4. The summed E-state index contributed by atoms with van der Waals surface area (Å²) in [5.41, 5.74) is 0.886. The topological polar surface area (TPSA) is 178 Å². The number of rotatable bonds is 9. The van der Waals surface area contributed by atoms with Gasteiger partial charge in [-0.1, -0.05) is 29.8 Å². The van der Waals surface area contributed by atoms with Crippen molar-refractivity contribution in [3.8, 4) is 5.75 Å². The molecule has 0 spiro atoms. The Morgan fingerprint density at radius 1 is 0.902 bits per heavy atom. The summed E-state index contributed by atoms with van der Waals surface area (Å²) >= 11 is 6.44. The summed E-state index contributed by atoms with van der Waals surface area (Å²) < 4.78 is 27.7. The van der Waals surface area contributed by atoms with Crippen LogP contribution < -0.4 is 0 Å². The van der Waals surface area contributed by atoms with Gasteiger partial charge >= 0.3 is 29.6 Å². The van der Waals surface area contributed by atoms with Crippen LogP contribution in [0.25, 0.3) is 0 Å². The molecule has 0 saturated carbocycles. The molecule has 0 aliphatic carbocycles. The van der Waals surface area contributed by atoms with Gasteiger partial charge in [0.05, 0.1) is 4.92 Å². The van der Waals surface area contributed by atoms with Gasteiger partial charge in [0.1, 0.15) is 18.8 Å². The fourth-order valence-corrected chi connectivity index (χ4v) is 4.63. The highest BCUT2D eigenvalue weighted by Gasteiger charge is 2.52. The van der Waals surface area contributed by atoms with E-state index in [1.54, 1.807) is 12.1 Å². The number of benzene rings is 2. The van der Waals surface area contributed by atoms with Crippen LogP contribution in [-0.2, 0) is 49.3 Å². The molecule has 14 heteroatoms. The summed E-state index contributed by atoms with van der Waals surface area (Å²) in [6, 6.07) is 8.64. The van der Waals surface area contributed by atoms with Crippen molar-refractivity contribution in [2.45, 2.75) is 64.6 Å². The largest absolute Gasteiger partial charge is 0.502 e. The predicted molar refractivity (Wildman–Crippen MR) is 140 cm³/mol. The Kier molecular flexibility index (Phi) is 10.2. The summed E-state index contributed by atoms with van der Waals surface area (Å²) in [5, 5.41) is 21.4. The fraction of sp³-hybridized carbons (Fsp3) is 0.407. The van der Waals surface area contributed by atoms with Gasteiger partial charge in [-0.15, -0.1) is 0 Å². The van der Waals surface area contributed by atoms with Gasteiger partial charge in [0, 0.05) is 38.8 Å². The molecule has 5 atom stereocenters. The molecule has 3 rings (SSSR count). The normalized spacial score (nSPS) is 21.8. The van der Waals surface area contributed by atoms with E-state index in [0.717, 1.165) is 20.8 Å². The molecule has 1 aliphatic heterocycles. The third-order valence-corrected chi connectivity index (χ3v) is 6.39. The average Bonchev–Trinajstić information content (AvgIpc) is 2.86. The van der Waals surface area contributed by atoms with Crippen LogP contribution in [0.5, 0.6) is 5.75 Å². The Hall–Kier alpha value is -4.23. The van der Waals surface area contributed by atoms with Gasteiger partial charge in [0.2, 0.25) is 0 Å². The van der Waals surface area contributed by atoms with Gasteiger partial charge in [-0.25, -0.2) is 0 Å². The molecule has 1 heterocycles. The predicted octanol–water partition coefficient (Wildman–Crippen LogP) is 3.34. The molecule has 220 valence electrons. The number of ether oxygens (including phenoxy) is 5. The first kappa shape index (κ1) is 31.3. The van der Waals surface area contributed by atoms with E-state index in [2.05, 4.69) is 0 Å². The van der Waals surface area contributed by atoms with Gasteiger partial charge in [0.25, 0.3) is 0 Å². The Morgan fingerprint density at radius 3 is 2.10 bits per heavy atom. The number of nitrogens with zero attached hydrogens (tertiary/aromatic N) is 1. The molecule has 1 aliphatic rings. The molecule has 1 saturated heterocycles. The van der Waals surface area contributed by atoms with E-state index in [1.807, 2.05) is 0 Å². The van der Waals surface area contributed by atoms with Crippen LogP contribution in [0.1, 0.15) is 50.5 Å². The molecule has 0 radical (unpaired) electrons. The molecule has 41 heavy (non-hydrogen) atoms. The zero-order valence-corrected chi connectivity index (χ0v) is 23.3. The van der Waals surface area contributed by atoms with E-state index in [-0.39, 0.29) is 13.0 Å². The summed E-state index contributed by atoms with van der Waals surface area (Å²) in [6.07, 6.45) is -6.11. The molecule has 0 amide bonds. The lowest BCUT2D eigenvalue weighted by Crippen LogP contribution is -2.59. The average molecular weight is 594 g/mol. The highest BCUT2D eigenvalue weighted by molar-refractivity contribution is 6.31.